The Labute approximate surface area is 492 Å². The lowest BCUT2D eigenvalue weighted by atomic mass is 9.75. The molecule has 8 atom stereocenters. The number of nitrogens with zero attached hydrogens (tertiary/aromatic N) is 7. The quantitative estimate of drug-likeness (QED) is 0.0401. The average molecular weight is 1170 g/mol. The molecule has 84 heavy (non-hydrogen) atoms. The van der Waals surface area contributed by atoms with Crippen molar-refractivity contribution < 1.29 is 37.8 Å². The number of phenolic OH excluding ortho intramolecular Hbond substituents is 1. The number of aromatic nitrogens is 5. The second-order valence-corrected chi connectivity index (χ2v) is 25.9. The molecule has 5 unspecified atom stereocenters. The number of hydrogen-bond donors (Lipinski definition) is 7. The molecule has 2 bridgehead atoms. The van der Waals surface area contributed by atoms with Crippen molar-refractivity contribution >= 4 is 56.2 Å². The van der Waals surface area contributed by atoms with Crippen molar-refractivity contribution in [2.75, 3.05) is 62.2 Å². The summed E-state index contributed by atoms with van der Waals surface area (Å²) in [5, 5.41) is 45.0. The van der Waals surface area contributed by atoms with E-state index in [2.05, 4.69) is 53.4 Å². The van der Waals surface area contributed by atoms with Gasteiger partial charge in [-0.1, -0.05) is 68.4 Å². The summed E-state index contributed by atoms with van der Waals surface area (Å²) < 4.78 is 47.6. The Morgan fingerprint density at radius 1 is 1.05 bits per heavy atom. The Bertz CT molecular complexity index is 3590. The number of thiazole rings is 1. The molecule has 3 aromatic carbocycles. The van der Waals surface area contributed by atoms with Crippen molar-refractivity contribution in [3.63, 3.8) is 0 Å². The van der Waals surface area contributed by atoms with Crippen LogP contribution in [0.4, 0.5) is 20.3 Å². The number of aryl methyl sites for hydroxylation is 2. The maximum absolute atomic E-state index is 17.8. The van der Waals surface area contributed by atoms with Gasteiger partial charge in [0.05, 0.1) is 52.0 Å². The van der Waals surface area contributed by atoms with E-state index in [0.717, 1.165) is 50.9 Å². The van der Waals surface area contributed by atoms with Gasteiger partial charge in [0.15, 0.2) is 22.9 Å². The molecule has 12 rings (SSSR count). The molecule has 4 aromatic heterocycles. The molecule has 444 valence electrons. The van der Waals surface area contributed by atoms with Crippen molar-refractivity contribution in [2.45, 2.75) is 152 Å². The van der Waals surface area contributed by atoms with Crippen LogP contribution in [0.15, 0.2) is 77.0 Å². The molecule has 0 saturated carbocycles. The van der Waals surface area contributed by atoms with E-state index in [9.17, 15) is 19.8 Å². The zero-order valence-electron chi connectivity index (χ0n) is 48.7. The molecule has 7 N–H and O–H groups in total. The van der Waals surface area contributed by atoms with Crippen molar-refractivity contribution in [2.24, 2.45) is 0 Å². The summed E-state index contributed by atoms with van der Waals surface area (Å²) in [5.74, 6) is -0.525. The smallest absolute Gasteiger partial charge is 0.319 e. The van der Waals surface area contributed by atoms with E-state index in [1.807, 2.05) is 82.6 Å². The third kappa shape index (κ3) is 11.1. The molecule has 18 nitrogen and oxygen atoms in total. The predicted molar refractivity (Wildman–Crippen MR) is 321 cm³/mol. The predicted octanol–water partition coefficient (Wildman–Crippen LogP) is 8.31. The number of Topliss-reactive ketones (excluding diaryl/α,β-unsaturated/α-hetero) is 1. The van der Waals surface area contributed by atoms with E-state index in [0.29, 0.717) is 80.3 Å². The number of aromatic hydroxyl groups is 1. The van der Waals surface area contributed by atoms with Crippen LogP contribution >= 0.6 is 11.3 Å². The molecule has 1 amide bonds. The van der Waals surface area contributed by atoms with Crippen LogP contribution in [-0.2, 0) is 21.4 Å². The van der Waals surface area contributed by atoms with E-state index in [4.69, 9.17) is 24.2 Å². The second kappa shape index (κ2) is 22.9. The number of ketones is 1. The molecule has 0 spiro atoms. The fourth-order valence-electron chi connectivity index (χ4n) is 14.1. The van der Waals surface area contributed by atoms with Gasteiger partial charge in [0, 0.05) is 93.8 Å². The summed E-state index contributed by atoms with van der Waals surface area (Å²) in [6.45, 7) is 15.4. The third-order valence-electron chi connectivity index (χ3n) is 18.4. The fourth-order valence-corrected chi connectivity index (χ4v) is 14.9. The Morgan fingerprint density at radius 3 is 2.58 bits per heavy atom. The van der Waals surface area contributed by atoms with Crippen LogP contribution in [0.5, 0.6) is 11.8 Å². The molecule has 21 heteroatoms. The van der Waals surface area contributed by atoms with Gasteiger partial charge < -0.3 is 50.5 Å². The Morgan fingerprint density at radius 2 is 1.85 bits per heavy atom. The number of piperidine rings is 1. The Kier molecular flexibility index (Phi) is 15.7. The maximum Gasteiger partial charge on any atom is 0.319 e. The van der Waals surface area contributed by atoms with E-state index < -0.39 is 46.0 Å². The number of pyridine rings is 1. The number of alkyl halides is 1. The Hall–Kier alpha value is -6.75. The molecule has 7 aromatic rings. The molecule has 9 heterocycles. The number of piperazine rings is 2. The van der Waals surface area contributed by atoms with Gasteiger partial charge in [-0.2, -0.15) is 9.97 Å². The number of nitrogens with one attached hydrogen (secondary N) is 5. The monoisotopic (exact) mass is 1170 g/mol. The summed E-state index contributed by atoms with van der Waals surface area (Å²) in [5.41, 5.74) is 1.93. The summed E-state index contributed by atoms with van der Waals surface area (Å²) >= 11 is 1.57. The van der Waals surface area contributed by atoms with Gasteiger partial charge in [-0.15, -0.1) is 11.3 Å². The summed E-state index contributed by atoms with van der Waals surface area (Å²) in [4.78, 5) is 53.3. The average Bonchev–Trinajstić information content (AvgIpc) is 4.19. The van der Waals surface area contributed by atoms with E-state index in [1.165, 1.54) is 0 Å². The number of anilines is 2. The van der Waals surface area contributed by atoms with Crippen LogP contribution in [0.2, 0.25) is 0 Å². The normalized spacial score (nSPS) is 25.8. The van der Waals surface area contributed by atoms with Crippen LogP contribution in [-0.4, -0.2) is 140 Å². The van der Waals surface area contributed by atoms with E-state index in [-0.39, 0.29) is 92.1 Å². The fraction of sp³-hybridized carbons (Fsp3) is 0.508. The van der Waals surface area contributed by atoms with Gasteiger partial charge in [0.2, 0.25) is 5.91 Å². The van der Waals surface area contributed by atoms with Crippen LogP contribution in [0.3, 0.4) is 0 Å². The van der Waals surface area contributed by atoms with Gasteiger partial charge in [0.1, 0.15) is 34.1 Å². The minimum absolute atomic E-state index is 0.00506. The number of aliphatic hydroxyl groups excluding tert-OH is 1. The first-order valence-electron chi connectivity index (χ1n) is 29.7. The van der Waals surface area contributed by atoms with Gasteiger partial charge >= 0.3 is 6.01 Å². The highest BCUT2D eigenvalue weighted by molar-refractivity contribution is 7.13. The molecule has 5 aliphatic heterocycles. The zero-order chi connectivity index (χ0) is 58.7. The number of benzene rings is 3. The number of aliphatic hydroxyl groups is 1. The Balaban J connectivity index is 0.738. The number of fused-ring (bicyclic) bond motifs is 4. The lowest BCUT2D eigenvalue weighted by Crippen LogP contribution is -2.63. The topological polar surface area (TPSA) is 228 Å². The standard InChI is InChI=1S/C63H76F2N12O6S/c1-7-38-9-8-10-41-23-45(78)24-47(51(38)41)53-52(64)54-48(29-68-53)57(76-31-43-15-16-44(32-76)73-43)75-59(74-54)82-22-17-42-25-62(65,18-19-67-42)33-61(6)34-66-20-21-77(61)49-30-71-83-56(49)60(4,5)27-50(80)63(26-46(79)28-70-63)58(81)72-36(2)39-11-13-40(14-12-39)55-37(3)69-35-84-55/h8-14,23-24,29-30,35-36,42-44,46,66-67,70,73,78-79H,7,15-22,25-28,31-34H2,1-6H3,(H,72,81)/t36-,42?,43?,44?,46?,61-,62?,63-/m0/s1. The van der Waals surface area contributed by atoms with Crippen molar-refractivity contribution in [3.8, 4) is 33.5 Å². The largest absolute Gasteiger partial charge is 0.508 e. The summed E-state index contributed by atoms with van der Waals surface area (Å²) in [6, 6.07) is 16.9. The van der Waals surface area contributed by atoms with Crippen molar-refractivity contribution in [3.05, 3.63) is 101 Å². The van der Waals surface area contributed by atoms with E-state index >= 15 is 8.78 Å². The van der Waals surface area contributed by atoms with Crippen molar-refractivity contribution in [1.29, 1.82) is 0 Å². The van der Waals surface area contributed by atoms with Gasteiger partial charge in [-0.3, -0.25) is 19.9 Å². The highest BCUT2D eigenvalue weighted by atomic mass is 32.1. The minimum Gasteiger partial charge on any atom is -0.508 e. The first-order valence-corrected chi connectivity index (χ1v) is 30.6. The summed E-state index contributed by atoms with van der Waals surface area (Å²) in [7, 11) is 0. The molecule has 5 aliphatic rings. The third-order valence-corrected chi connectivity index (χ3v) is 19.4. The lowest BCUT2D eigenvalue weighted by Gasteiger charge is -2.50. The van der Waals surface area contributed by atoms with Crippen LogP contribution in [0.25, 0.3) is 43.4 Å². The number of hydrogen-bond acceptors (Lipinski definition) is 18. The highest BCUT2D eigenvalue weighted by Gasteiger charge is 2.54. The number of β-amino-alcohol motifs (C(OH)–C–C–N with tert-alkyl or cyclic N) is 1. The van der Waals surface area contributed by atoms with Crippen LogP contribution in [0, 0.1) is 12.7 Å². The van der Waals surface area contributed by atoms with Crippen LogP contribution in [0.1, 0.15) is 115 Å². The molecule has 0 radical (unpaired) electrons. The number of carbonyl (C=O) groups excluding carboxylic acids is 2. The minimum atomic E-state index is -1.69. The molecular formula is C63H76F2N12O6S. The first kappa shape index (κ1) is 57.7. The first-order chi connectivity index (χ1) is 40.3. The number of carbonyl (C=O) groups is 2. The number of halogens is 2. The van der Waals surface area contributed by atoms with Gasteiger partial charge in [0.25, 0.3) is 0 Å². The van der Waals surface area contributed by atoms with Crippen LogP contribution < -0.4 is 41.1 Å². The SMILES string of the molecule is CCc1cccc2cc(O)cc(-c3ncc4c(N5CC6CCC(C5)N6)nc(OCCC5CC(F)(C[C@@]6(C)CNCCN6c6cnoc6C(C)(C)CC(=O)[C@]6(C(=O)N[C@@H](C)c7ccc(-c8scnc8C)cc7)CC(O)CN6)CCN5)nc4c3F)c12. The molecule has 0 aliphatic carbocycles. The molecule has 5 fully saturated rings. The lowest BCUT2D eigenvalue weighted by molar-refractivity contribution is -0.138. The number of rotatable bonds is 18. The zero-order valence-corrected chi connectivity index (χ0v) is 49.5. The second-order valence-electron chi connectivity index (χ2n) is 25.1. The molecule has 5 saturated heterocycles. The van der Waals surface area contributed by atoms with E-state index in [1.54, 1.807) is 35.9 Å². The van der Waals surface area contributed by atoms with Gasteiger partial charge in [-0.25, -0.2) is 13.8 Å². The highest BCUT2D eigenvalue weighted by Crippen LogP contribution is 2.45. The number of ether oxygens (including phenoxy) is 1. The van der Waals surface area contributed by atoms with Gasteiger partial charge in [-0.05, 0) is 105 Å². The maximum atomic E-state index is 17.8. The number of amides is 1. The number of phenols is 1. The molecular weight excluding hydrogens is 1090 g/mol. The van der Waals surface area contributed by atoms with Crippen molar-refractivity contribution in [1.82, 2.24) is 51.7 Å². The summed E-state index contributed by atoms with van der Waals surface area (Å²) in [6.07, 6.45) is 6.07.